The first-order chi connectivity index (χ1) is 26.8. The van der Waals surface area contributed by atoms with Crippen molar-refractivity contribution < 1.29 is 75.1 Å². The molecule has 0 aromatic rings. The average molecular weight is 817 g/mol. The van der Waals surface area contributed by atoms with Gasteiger partial charge in [-0.2, -0.15) is 0 Å². The maximum absolute atomic E-state index is 12.2. The summed E-state index contributed by atoms with van der Waals surface area (Å²) < 4.78 is 24.5. The maximum atomic E-state index is 12.2. The number of hydrogen-bond acceptors (Lipinski definition) is 15. The molecule has 0 bridgehead atoms. The molecule has 4 aliphatic carbocycles. The predicted octanol–water partition coefficient (Wildman–Crippen LogP) is 0.0954. The maximum Gasteiger partial charge on any atom is 0.186 e. The largest absolute Gasteiger partial charge is 0.396 e. The van der Waals surface area contributed by atoms with Crippen molar-refractivity contribution in [2.75, 3.05) is 33.0 Å². The Hall–Kier alpha value is -0.860. The molecule has 2 aliphatic heterocycles. The van der Waals surface area contributed by atoms with Crippen LogP contribution in [0.15, 0.2) is 11.6 Å². The molecule has 57 heavy (non-hydrogen) atoms. The quantitative estimate of drug-likeness (QED) is 0.0922. The number of rotatable bonds is 12. The summed E-state index contributed by atoms with van der Waals surface area (Å²) >= 11 is 0. The highest BCUT2D eigenvalue weighted by Crippen LogP contribution is 2.75. The van der Waals surface area contributed by atoms with Gasteiger partial charge < -0.3 is 75.1 Å². The number of ether oxygens (including phenoxy) is 4. The van der Waals surface area contributed by atoms with Crippen molar-refractivity contribution >= 4 is 0 Å². The highest BCUT2D eigenvalue weighted by atomic mass is 16.7. The van der Waals surface area contributed by atoms with Crippen molar-refractivity contribution in [1.29, 1.82) is 0 Å². The second-order valence-electron chi connectivity index (χ2n) is 19.8. The van der Waals surface area contributed by atoms with Crippen LogP contribution in [0.25, 0.3) is 0 Å². The van der Waals surface area contributed by atoms with Gasteiger partial charge in [0.1, 0.15) is 48.8 Å². The zero-order chi connectivity index (χ0) is 41.9. The molecule has 6 rings (SSSR count). The number of aliphatic hydroxyl groups is 11. The Balaban J connectivity index is 1.30. The summed E-state index contributed by atoms with van der Waals surface area (Å²) in [6.07, 6.45) is -6.78. The molecule has 0 spiro atoms. The topological polar surface area (TPSA) is 259 Å². The van der Waals surface area contributed by atoms with E-state index in [2.05, 4.69) is 20.8 Å². The molecule has 0 amide bonds. The molecular formula is C42H72O15. The fourth-order valence-corrected chi connectivity index (χ4v) is 13.2. The van der Waals surface area contributed by atoms with Crippen molar-refractivity contribution in [1.82, 2.24) is 0 Å². The normalized spacial score (nSPS) is 53.1. The smallest absolute Gasteiger partial charge is 0.186 e. The Morgan fingerprint density at radius 3 is 1.88 bits per heavy atom. The van der Waals surface area contributed by atoms with E-state index in [0.717, 1.165) is 44.1 Å². The third-order valence-electron chi connectivity index (χ3n) is 17.1. The van der Waals surface area contributed by atoms with Gasteiger partial charge in [0.15, 0.2) is 12.6 Å². The van der Waals surface area contributed by atoms with Crippen LogP contribution in [0.4, 0.5) is 0 Å². The summed E-state index contributed by atoms with van der Waals surface area (Å²) in [7, 11) is 0. The minimum atomic E-state index is -1.63. The van der Waals surface area contributed by atoms with E-state index in [1.165, 1.54) is 0 Å². The van der Waals surface area contributed by atoms with E-state index in [4.69, 9.17) is 18.9 Å². The van der Waals surface area contributed by atoms with E-state index in [0.29, 0.717) is 25.7 Å². The summed E-state index contributed by atoms with van der Waals surface area (Å²) in [5, 5.41) is 116. The van der Waals surface area contributed by atoms with Gasteiger partial charge in [-0.1, -0.05) is 39.3 Å². The SMILES string of the molecule is C/C(=C/CC[C@]1(CO)CC[C@]2(C)[C@@H](CC[C@@H]3[C@@]4(C)CC[C@H](O[C@@H]5O[C@H](CO)[C@@H](O)[C@H](O)[C@H]5O)[C@@](C)(CO[C@@H]5O[C@H](CO)[C@@H](O)[C@H](O)[C@H]5O)[C@@H]4CC[C@]32C)[C@H]1O)CO. The van der Waals surface area contributed by atoms with Crippen molar-refractivity contribution in [3.05, 3.63) is 11.6 Å². The third kappa shape index (κ3) is 7.49. The average Bonchev–Trinajstić information content (AvgIpc) is 3.19. The van der Waals surface area contributed by atoms with Gasteiger partial charge in [0, 0.05) is 10.8 Å². The molecule has 0 aromatic heterocycles. The summed E-state index contributed by atoms with van der Waals surface area (Å²) in [6.45, 7) is 9.55. The zero-order valence-corrected chi connectivity index (χ0v) is 34.4. The summed E-state index contributed by atoms with van der Waals surface area (Å²) in [5.41, 5.74) is -1.31. The van der Waals surface area contributed by atoms with Crippen LogP contribution in [0.1, 0.15) is 98.8 Å². The highest BCUT2D eigenvalue weighted by molar-refractivity contribution is 5.19. The van der Waals surface area contributed by atoms with Crippen molar-refractivity contribution in [3.8, 4) is 0 Å². The van der Waals surface area contributed by atoms with Gasteiger partial charge in [-0.25, -0.2) is 0 Å². The molecule has 2 saturated heterocycles. The zero-order valence-electron chi connectivity index (χ0n) is 34.4. The van der Waals surface area contributed by atoms with E-state index in [1.807, 2.05) is 19.9 Å². The molecule has 0 aromatic carbocycles. The van der Waals surface area contributed by atoms with Gasteiger partial charge >= 0.3 is 0 Å². The minimum Gasteiger partial charge on any atom is -0.396 e. The number of hydrogen-bond donors (Lipinski definition) is 11. The first kappa shape index (κ1) is 45.7. The van der Waals surface area contributed by atoms with E-state index >= 15 is 0 Å². The fourth-order valence-electron chi connectivity index (χ4n) is 13.2. The Morgan fingerprint density at radius 1 is 0.667 bits per heavy atom. The lowest BCUT2D eigenvalue weighted by atomic mass is 9.33. The fraction of sp³-hybridized carbons (Fsp3) is 0.952. The molecule has 4 saturated carbocycles. The molecule has 0 radical (unpaired) electrons. The van der Waals surface area contributed by atoms with Crippen LogP contribution in [0, 0.1) is 44.8 Å². The van der Waals surface area contributed by atoms with Gasteiger partial charge in [0.25, 0.3) is 0 Å². The monoisotopic (exact) mass is 816 g/mol. The van der Waals surface area contributed by atoms with Crippen molar-refractivity contribution in [2.45, 2.75) is 172 Å². The standard InChI is InChI=1S/C42H72O15/c1-22(17-43)7-6-12-42(20-46)16-15-40(4)23(35(42)53)8-9-27-38(2)13-11-28(57-37-34(52)32(50)30(48)25(19-45)56-37)39(3,26(38)10-14-41(27,40)5)21-54-36-33(51)31(49)29(47)24(18-44)55-36/h7,23-37,43-53H,6,8-21H2,1-5H3/b22-7-/t23-,24+,25+,26+,27+,28-,29+,30+,31-,32-,33+,34+,35+,36+,37-,38-,39-,40+,41+,42+/m0/s1. The predicted molar refractivity (Wildman–Crippen MR) is 204 cm³/mol. The molecule has 330 valence electrons. The molecule has 6 aliphatic rings. The lowest BCUT2D eigenvalue weighted by Crippen LogP contribution is -2.69. The van der Waals surface area contributed by atoms with Crippen molar-refractivity contribution in [3.63, 3.8) is 0 Å². The minimum absolute atomic E-state index is 0.0190. The van der Waals surface area contributed by atoms with Crippen molar-refractivity contribution in [2.24, 2.45) is 44.8 Å². The highest BCUT2D eigenvalue weighted by Gasteiger charge is 2.70. The first-order valence-corrected chi connectivity index (χ1v) is 21.3. The van der Waals surface area contributed by atoms with Gasteiger partial charge in [0.2, 0.25) is 0 Å². The van der Waals surface area contributed by atoms with Crippen LogP contribution in [-0.4, -0.2) is 163 Å². The van der Waals surface area contributed by atoms with Crippen LogP contribution in [-0.2, 0) is 18.9 Å². The van der Waals surface area contributed by atoms with E-state index in [9.17, 15) is 56.2 Å². The summed E-state index contributed by atoms with van der Waals surface area (Å²) in [6, 6.07) is 0. The van der Waals surface area contributed by atoms with Crippen LogP contribution in [0.2, 0.25) is 0 Å². The van der Waals surface area contributed by atoms with Crippen LogP contribution in [0.3, 0.4) is 0 Å². The third-order valence-corrected chi connectivity index (χ3v) is 17.1. The van der Waals surface area contributed by atoms with E-state index < -0.39 is 97.7 Å². The Labute approximate surface area is 336 Å². The van der Waals surface area contributed by atoms with Crippen LogP contribution in [0.5, 0.6) is 0 Å². The number of allylic oxidation sites excluding steroid dienone is 1. The van der Waals surface area contributed by atoms with Gasteiger partial charge in [0.05, 0.1) is 45.2 Å². The van der Waals surface area contributed by atoms with Crippen LogP contribution >= 0.6 is 0 Å². The molecule has 15 heteroatoms. The molecule has 2 heterocycles. The second kappa shape index (κ2) is 17.1. The lowest BCUT2D eigenvalue weighted by molar-refractivity contribution is -0.346. The first-order valence-electron chi connectivity index (χ1n) is 21.3. The Kier molecular flexibility index (Phi) is 13.7. The molecule has 0 unspecified atom stereocenters. The Bertz CT molecular complexity index is 1400. The summed E-state index contributed by atoms with van der Waals surface area (Å²) in [5.74, 6) is 0.131. The second-order valence-corrected chi connectivity index (χ2v) is 19.8. The molecule has 6 fully saturated rings. The summed E-state index contributed by atoms with van der Waals surface area (Å²) in [4.78, 5) is 0. The van der Waals surface area contributed by atoms with Gasteiger partial charge in [-0.15, -0.1) is 0 Å². The molecule has 15 nitrogen and oxygen atoms in total. The molecule has 11 N–H and O–H groups in total. The molecule has 20 atom stereocenters. The molecular weight excluding hydrogens is 744 g/mol. The number of fused-ring (bicyclic) bond motifs is 5. The Morgan fingerprint density at radius 2 is 1.28 bits per heavy atom. The van der Waals surface area contributed by atoms with Gasteiger partial charge in [-0.3, -0.25) is 0 Å². The van der Waals surface area contributed by atoms with E-state index in [1.54, 1.807) is 0 Å². The number of aliphatic hydroxyl groups excluding tert-OH is 11. The van der Waals surface area contributed by atoms with Crippen LogP contribution < -0.4 is 0 Å². The van der Waals surface area contributed by atoms with Gasteiger partial charge in [-0.05, 0) is 105 Å². The van der Waals surface area contributed by atoms with E-state index in [-0.39, 0.29) is 53.8 Å². The lowest BCUT2D eigenvalue weighted by Gasteiger charge is -2.72.